The van der Waals surface area contributed by atoms with E-state index in [1.54, 1.807) is 0 Å². The molecule has 0 amide bonds. The SMILES string of the molecule is O=C(OCCN1CCCCC1)c1ccc([O-])cc1[O-].[Na+].[Na+]. The average Bonchev–Trinajstić information content (AvgIpc) is 2.39. The van der Waals surface area contributed by atoms with Gasteiger partial charge in [0.15, 0.2) is 0 Å². The molecule has 1 saturated heterocycles. The van der Waals surface area contributed by atoms with Crippen molar-refractivity contribution in [3.8, 4) is 11.5 Å². The van der Waals surface area contributed by atoms with Crippen LogP contribution in [0.4, 0.5) is 0 Å². The van der Waals surface area contributed by atoms with Gasteiger partial charge in [-0.3, -0.25) is 4.90 Å². The molecule has 0 radical (unpaired) electrons. The Bertz CT molecular complexity index is 451. The van der Waals surface area contributed by atoms with Gasteiger partial charge in [-0.15, -0.1) is 5.75 Å². The fourth-order valence-corrected chi connectivity index (χ4v) is 2.20. The minimum absolute atomic E-state index is 0. The fourth-order valence-electron chi connectivity index (χ4n) is 2.20. The van der Waals surface area contributed by atoms with Crippen molar-refractivity contribution in [2.45, 2.75) is 19.3 Å². The van der Waals surface area contributed by atoms with E-state index in [1.807, 2.05) is 0 Å². The fraction of sp³-hybridized carbons (Fsp3) is 0.500. The molecular weight excluding hydrogens is 292 g/mol. The molecule has 7 heteroatoms. The minimum Gasteiger partial charge on any atom is -0.872 e. The quantitative estimate of drug-likeness (QED) is 0.410. The number of likely N-dealkylation sites (tertiary alicyclic amines) is 1. The largest absolute Gasteiger partial charge is 1.00 e. The first-order valence-corrected chi connectivity index (χ1v) is 6.54. The maximum atomic E-state index is 11.7. The van der Waals surface area contributed by atoms with Crippen LogP contribution in [0.2, 0.25) is 0 Å². The second-order valence-corrected chi connectivity index (χ2v) is 4.70. The van der Waals surface area contributed by atoms with Crippen molar-refractivity contribution >= 4 is 5.97 Å². The predicted molar refractivity (Wildman–Crippen MR) is 65.9 cm³/mol. The van der Waals surface area contributed by atoms with E-state index in [0.717, 1.165) is 19.2 Å². The van der Waals surface area contributed by atoms with Gasteiger partial charge in [-0.05, 0) is 32.0 Å². The maximum Gasteiger partial charge on any atom is 1.00 e. The van der Waals surface area contributed by atoms with Crippen molar-refractivity contribution in [1.29, 1.82) is 0 Å². The van der Waals surface area contributed by atoms with Crippen LogP contribution in [0.3, 0.4) is 0 Å². The van der Waals surface area contributed by atoms with E-state index < -0.39 is 17.5 Å². The van der Waals surface area contributed by atoms with Crippen molar-refractivity contribution in [3.63, 3.8) is 0 Å². The van der Waals surface area contributed by atoms with Crippen LogP contribution < -0.4 is 69.3 Å². The zero-order valence-electron chi connectivity index (χ0n) is 12.8. The number of esters is 1. The number of benzene rings is 1. The molecule has 21 heavy (non-hydrogen) atoms. The molecule has 1 aliphatic rings. The number of rotatable bonds is 4. The van der Waals surface area contributed by atoms with Crippen LogP contribution in [0.15, 0.2) is 18.2 Å². The summed E-state index contributed by atoms with van der Waals surface area (Å²) in [5.74, 6) is -1.62. The number of carbonyl (C=O) groups is 1. The summed E-state index contributed by atoms with van der Waals surface area (Å²) >= 11 is 0. The molecule has 0 aliphatic carbocycles. The molecule has 0 saturated carbocycles. The first-order chi connectivity index (χ1) is 9.16. The summed E-state index contributed by atoms with van der Waals surface area (Å²) in [5.41, 5.74) is -0.0711. The maximum absolute atomic E-state index is 11.7. The van der Waals surface area contributed by atoms with Crippen LogP contribution in [-0.4, -0.2) is 37.1 Å². The second kappa shape index (κ2) is 10.9. The molecule has 0 N–H and O–H groups in total. The molecular formula is C14H17NNa2O4. The summed E-state index contributed by atoms with van der Waals surface area (Å²) in [6.07, 6.45) is 3.63. The van der Waals surface area contributed by atoms with Gasteiger partial charge in [-0.25, -0.2) is 4.79 Å². The molecule has 5 nitrogen and oxygen atoms in total. The van der Waals surface area contributed by atoms with E-state index in [2.05, 4.69) is 4.90 Å². The van der Waals surface area contributed by atoms with Gasteiger partial charge in [0, 0.05) is 6.54 Å². The molecule has 104 valence electrons. The molecule has 2 rings (SSSR count). The second-order valence-electron chi connectivity index (χ2n) is 4.70. The van der Waals surface area contributed by atoms with Crippen molar-refractivity contribution in [3.05, 3.63) is 23.8 Å². The van der Waals surface area contributed by atoms with E-state index in [-0.39, 0.29) is 71.3 Å². The molecule has 1 fully saturated rings. The van der Waals surface area contributed by atoms with Gasteiger partial charge in [-0.2, -0.15) is 0 Å². The zero-order chi connectivity index (χ0) is 13.7. The van der Waals surface area contributed by atoms with Crippen LogP contribution in [0.25, 0.3) is 0 Å². The number of nitrogens with zero attached hydrogens (tertiary/aromatic N) is 1. The standard InChI is InChI=1S/C14H19NO4.2Na/c16-11-4-5-12(13(17)10-11)14(18)19-9-8-15-6-2-1-3-7-15;;/h4-5,10,16-17H,1-3,6-9H2;;/q;2*+1/p-2. The Kier molecular flexibility index (Phi) is 11.0. The van der Waals surface area contributed by atoms with E-state index in [9.17, 15) is 15.0 Å². The minimum atomic E-state index is -0.651. The normalized spacial score (nSPS) is 14.7. The average molecular weight is 309 g/mol. The summed E-state index contributed by atoms with van der Waals surface area (Å²) in [4.78, 5) is 13.9. The third-order valence-electron chi connectivity index (χ3n) is 3.26. The molecule has 0 atom stereocenters. The third kappa shape index (κ3) is 6.91. The molecule has 0 aromatic heterocycles. The predicted octanol–water partition coefficient (Wildman–Crippen LogP) is -5.52. The molecule has 0 unspecified atom stereocenters. The van der Waals surface area contributed by atoms with Gasteiger partial charge < -0.3 is 14.9 Å². The van der Waals surface area contributed by atoms with Gasteiger partial charge in [0.1, 0.15) is 6.61 Å². The Hall–Kier alpha value is 0.250. The van der Waals surface area contributed by atoms with Crippen LogP contribution >= 0.6 is 0 Å². The summed E-state index contributed by atoms with van der Waals surface area (Å²) in [7, 11) is 0. The Morgan fingerprint density at radius 1 is 1.14 bits per heavy atom. The zero-order valence-corrected chi connectivity index (χ0v) is 16.8. The van der Waals surface area contributed by atoms with Crippen LogP contribution in [0.1, 0.15) is 29.6 Å². The number of hydrogen-bond acceptors (Lipinski definition) is 5. The van der Waals surface area contributed by atoms with Crippen molar-refractivity contribution in [1.82, 2.24) is 4.90 Å². The first-order valence-electron chi connectivity index (χ1n) is 6.54. The Labute approximate surface area is 169 Å². The van der Waals surface area contributed by atoms with E-state index in [1.165, 1.54) is 31.4 Å². The van der Waals surface area contributed by atoms with Gasteiger partial charge in [0.25, 0.3) is 0 Å². The van der Waals surface area contributed by atoms with Crippen LogP contribution in [0.5, 0.6) is 11.5 Å². The smallest absolute Gasteiger partial charge is 0.872 e. The third-order valence-corrected chi connectivity index (χ3v) is 3.26. The van der Waals surface area contributed by atoms with Gasteiger partial charge >= 0.3 is 65.1 Å². The van der Waals surface area contributed by atoms with Crippen molar-refractivity contribution in [2.24, 2.45) is 0 Å². The molecule has 0 spiro atoms. The first kappa shape index (κ1) is 21.2. The molecule has 1 aromatic carbocycles. The Morgan fingerprint density at radius 3 is 2.43 bits per heavy atom. The van der Waals surface area contributed by atoms with Gasteiger partial charge in [-0.1, -0.05) is 24.3 Å². The van der Waals surface area contributed by atoms with Gasteiger partial charge in [0.2, 0.25) is 0 Å². The molecule has 1 aliphatic heterocycles. The molecule has 1 aromatic rings. The summed E-state index contributed by atoms with van der Waals surface area (Å²) < 4.78 is 5.07. The Balaban J connectivity index is 0.00000200. The molecule has 0 bridgehead atoms. The number of piperidine rings is 1. The van der Waals surface area contributed by atoms with Crippen LogP contribution in [-0.2, 0) is 4.74 Å². The topological polar surface area (TPSA) is 75.7 Å². The Morgan fingerprint density at radius 2 is 1.81 bits per heavy atom. The number of carbonyl (C=O) groups excluding carboxylic acids is 1. The summed E-state index contributed by atoms with van der Waals surface area (Å²) in [5, 5.41) is 22.4. The number of hydrogen-bond donors (Lipinski definition) is 0. The monoisotopic (exact) mass is 309 g/mol. The van der Waals surface area contributed by atoms with Gasteiger partial charge in [0.05, 0.1) is 5.56 Å². The summed E-state index contributed by atoms with van der Waals surface area (Å²) in [6.45, 7) is 3.04. The molecule has 1 heterocycles. The van der Waals surface area contributed by atoms with Crippen molar-refractivity contribution in [2.75, 3.05) is 26.2 Å². The van der Waals surface area contributed by atoms with Crippen molar-refractivity contribution < 1.29 is 78.9 Å². The van der Waals surface area contributed by atoms with E-state index >= 15 is 0 Å². The summed E-state index contributed by atoms with van der Waals surface area (Å²) in [6, 6.07) is 3.33. The van der Waals surface area contributed by atoms with E-state index in [0.29, 0.717) is 6.54 Å². The van der Waals surface area contributed by atoms with Crippen LogP contribution in [0, 0.1) is 0 Å². The number of ether oxygens (including phenoxy) is 1. The van der Waals surface area contributed by atoms with E-state index in [4.69, 9.17) is 4.74 Å².